The van der Waals surface area contributed by atoms with Crippen LogP contribution in [0.5, 0.6) is 0 Å². The molecular weight excluding hydrogens is 344 g/mol. The van der Waals surface area contributed by atoms with E-state index in [2.05, 4.69) is 20.6 Å². The molecule has 0 unspecified atom stereocenters. The predicted octanol–water partition coefficient (Wildman–Crippen LogP) is 1.47. The molecule has 2 aromatic heterocycles. The Morgan fingerprint density at radius 3 is 2.89 bits per heavy atom. The summed E-state index contributed by atoms with van der Waals surface area (Å²) in [5.41, 5.74) is 2.57. The van der Waals surface area contributed by atoms with Gasteiger partial charge in [0.25, 0.3) is 5.91 Å². The van der Waals surface area contributed by atoms with E-state index in [0.29, 0.717) is 18.7 Å². The van der Waals surface area contributed by atoms with Gasteiger partial charge in [-0.2, -0.15) is 0 Å². The van der Waals surface area contributed by atoms with Crippen LogP contribution in [0.4, 0.5) is 0 Å². The molecule has 0 saturated carbocycles. The first-order chi connectivity index (χ1) is 13.1. The van der Waals surface area contributed by atoms with Crippen LogP contribution in [0, 0.1) is 6.92 Å². The van der Waals surface area contributed by atoms with Gasteiger partial charge in [-0.25, -0.2) is 4.68 Å². The van der Waals surface area contributed by atoms with Crippen molar-refractivity contribution in [3.63, 3.8) is 0 Å². The lowest BCUT2D eigenvalue weighted by Crippen LogP contribution is -2.45. The van der Waals surface area contributed by atoms with E-state index in [0.717, 1.165) is 23.0 Å². The molecule has 0 bridgehead atoms. The second-order valence-electron chi connectivity index (χ2n) is 6.55. The minimum Gasteiger partial charge on any atom is -0.357 e. The van der Waals surface area contributed by atoms with Crippen molar-refractivity contribution in [3.05, 3.63) is 47.9 Å². The Balaban J connectivity index is 1.72. The van der Waals surface area contributed by atoms with Crippen LogP contribution in [0.2, 0.25) is 0 Å². The standard InChI is InChI=1S/C19H20N6O2/c1-12-17(19(27)24-11-5-9-16(24)18(26)20-2)22-23-25(12)15-8-3-7-14-13(15)6-4-10-21-14/h3-4,6-8,10,16H,5,9,11H2,1-2H3,(H,20,26)/t16-/m0/s1. The zero-order valence-electron chi connectivity index (χ0n) is 15.2. The van der Waals surface area contributed by atoms with Gasteiger partial charge in [0.05, 0.1) is 16.9 Å². The lowest BCUT2D eigenvalue weighted by Gasteiger charge is -2.22. The van der Waals surface area contributed by atoms with Gasteiger partial charge >= 0.3 is 0 Å². The molecule has 1 fully saturated rings. The molecule has 2 amide bonds. The van der Waals surface area contributed by atoms with Crippen LogP contribution in [0.15, 0.2) is 36.5 Å². The summed E-state index contributed by atoms with van der Waals surface area (Å²) >= 11 is 0. The number of nitrogens with zero attached hydrogens (tertiary/aromatic N) is 5. The van der Waals surface area contributed by atoms with Gasteiger partial charge < -0.3 is 10.2 Å². The van der Waals surface area contributed by atoms with Crippen molar-refractivity contribution >= 4 is 22.7 Å². The van der Waals surface area contributed by atoms with Crippen LogP contribution in [0.3, 0.4) is 0 Å². The number of benzene rings is 1. The molecule has 0 aliphatic carbocycles. The fraction of sp³-hybridized carbons (Fsp3) is 0.316. The Bertz CT molecular complexity index is 1020. The third-order valence-corrected chi connectivity index (χ3v) is 5.01. The van der Waals surface area contributed by atoms with Gasteiger partial charge in [0, 0.05) is 25.2 Å². The first-order valence-corrected chi connectivity index (χ1v) is 8.91. The SMILES string of the molecule is CNC(=O)[C@@H]1CCCN1C(=O)c1nnn(-c2cccc3ncccc23)c1C. The highest BCUT2D eigenvalue weighted by Crippen LogP contribution is 2.24. The topological polar surface area (TPSA) is 93.0 Å². The molecule has 27 heavy (non-hydrogen) atoms. The van der Waals surface area contributed by atoms with Crippen molar-refractivity contribution in [3.8, 4) is 5.69 Å². The number of nitrogens with one attached hydrogen (secondary N) is 1. The van der Waals surface area contributed by atoms with Gasteiger partial charge in [-0.1, -0.05) is 11.3 Å². The minimum absolute atomic E-state index is 0.147. The van der Waals surface area contributed by atoms with Crippen LogP contribution in [-0.2, 0) is 4.79 Å². The Labute approximate surface area is 156 Å². The number of fused-ring (bicyclic) bond motifs is 1. The largest absolute Gasteiger partial charge is 0.357 e. The normalized spacial score (nSPS) is 16.7. The zero-order chi connectivity index (χ0) is 19.0. The third kappa shape index (κ3) is 2.83. The lowest BCUT2D eigenvalue weighted by molar-refractivity contribution is -0.124. The molecule has 1 atom stereocenters. The number of pyridine rings is 1. The highest BCUT2D eigenvalue weighted by Gasteiger charge is 2.36. The Morgan fingerprint density at radius 1 is 1.22 bits per heavy atom. The monoisotopic (exact) mass is 364 g/mol. The Morgan fingerprint density at radius 2 is 2.07 bits per heavy atom. The number of carbonyl (C=O) groups is 2. The summed E-state index contributed by atoms with van der Waals surface area (Å²) in [6.07, 6.45) is 3.20. The second-order valence-corrected chi connectivity index (χ2v) is 6.55. The molecule has 138 valence electrons. The molecule has 0 radical (unpaired) electrons. The summed E-state index contributed by atoms with van der Waals surface area (Å²) < 4.78 is 1.65. The summed E-state index contributed by atoms with van der Waals surface area (Å²) in [5, 5.41) is 11.9. The average molecular weight is 364 g/mol. The van der Waals surface area contributed by atoms with Crippen LogP contribution < -0.4 is 5.32 Å². The highest BCUT2D eigenvalue weighted by atomic mass is 16.2. The maximum Gasteiger partial charge on any atom is 0.277 e. The fourth-order valence-corrected chi connectivity index (χ4v) is 3.61. The molecule has 3 heterocycles. The molecule has 1 aliphatic heterocycles. The van der Waals surface area contributed by atoms with Crippen LogP contribution in [-0.4, -0.2) is 56.3 Å². The molecule has 8 nitrogen and oxygen atoms in total. The van der Waals surface area contributed by atoms with Crippen molar-refractivity contribution in [2.75, 3.05) is 13.6 Å². The molecular formula is C19H20N6O2. The second kappa shape index (κ2) is 6.79. The van der Waals surface area contributed by atoms with E-state index < -0.39 is 6.04 Å². The van der Waals surface area contributed by atoms with Crippen molar-refractivity contribution in [2.24, 2.45) is 0 Å². The van der Waals surface area contributed by atoms with Gasteiger partial charge in [-0.05, 0) is 44.0 Å². The Hall–Kier alpha value is -3.29. The molecule has 0 spiro atoms. The minimum atomic E-state index is -0.450. The van der Waals surface area contributed by atoms with Crippen LogP contribution in [0.1, 0.15) is 29.0 Å². The molecule has 1 aromatic carbocycles. The van der Waals surface area contributed by atoms with E-state index in [9.17, 15) is 9.59 Å². The fourth-order valence-electron chi connectivity index (χ4n) is 3.61. The first-order valence-electron chi connectivity index (χ1n) is 8.91. The third-order valence-electron chi connectivity index (χ3n) is 5.01. The van der Waals surface area contributed by atoms with Gasteiger partial charge in [-0.15, -0.1) is 5.10 Å². The Kier molecular flexibility index (Phi) is 4.31. The number of likely N-dealkylation sites (N-methyl/N-ethyl adjacent to an activating group) is 1. The molecule has 4 rings (SSSR count). The molecule has 3 aromatic rings. The summed E-state index contributed by atoms with van der Waals surface area (Å²) in [4.78, 5) is 31.0. The van der Waals surface area contributed by atoms with Crippen molar-refractivity contribution < 1.29 is 9.59 Å². The van der Waals surface area contributed by atoms with Crippen molar-refractivity contribution in [2.45, 2.75) is 25.8 Å². The first kappa shape index (κ1) is 17.1. The summed E-state index contributed by atoms with van der Waals surface area (Å²) in [6.45, 7) is 2.36. The van der Waals surface area contributed by atoms with E-state index in [-0.39, 0.29) is 17.5 Å². The summed E-state index contributed by atoms with van der Waals surface area (Å²) in [6, 6.07) is 9.12. The summed E-state index contributed by atoms with van der Waals surface area (Å²) in [5.74, 6) is -0.408. The molecule has 8 heteroatoms. The van der Waals surface area contributed by atoms with E-state index >= 15 is 0 Å². The number of amides is 2. The van der Waals surface area contributed by atoms with E-state index in [1.165, 1.54) is 0 Å². The quantitative estimate of drug-likeness (QED) is 0.760. The van der Waals surface area contributed by atoms with Crippen LogP contribution >= 0.6 is 0 Å². The maximum atomic E-state index is 13.0. The number of rotatable bonds is 3. The smallest absolute Gasteiger partial charge is 0.277 e. The average Bonchev–Trinajstić information content (AvgIpc) is 3.33. The van der Waals surface area contributed by atoms with Gasteiger partial charge in [0.2, 0.25) is 5.91 Å². The predicted molar refractivity (Wildman–Crippen MR) is 99.5 cm³/mol. The summed E-state index contributed by atoms with van der Waals surface area (Å²) in [7, 11) is 1.58. The van der Waals surface area contributed by atoms with Crippen molar-refractivity contribution in [1.29, 1.82) is 0 Å². The zero-order valence-corrected chi connectivity index (χ0v) is 15.2. The van der Waals surface area contributed by atoms with Gasteiger partial charge in [-0.3, -0.25) is 14.6 Å². The molecule has 1 aliphatic rings. The van der Waals surface area contributed by atoms with E-state index in [1.54, 1.807) is 22.8 Å². The van der Waals surface area contributed by atoms with Crippen molar-refractivity contribution in [1.82, 2.24) is 30.2 Å². The lowest BCUT2D eigenvalue weighted by atomic mass is 10.1. The molecule has 1 N–H and O–H groups in total. The highest BCUT2D eigenvalue weighted by molar-refractivity contribution is 5.97. The number of hydrogen-bond donors (Lipinski definition) is 1. The van der Waals surface area contributed by atoms with Crippen LogP contribution in [0.25, 0.3) is 16.6 Å². The number of carbonyl (C=O) groups excluding carboxylic acids is 2. The van der Waals surface area contributed by atoms with Gasteiger partial charge in [0.15, 0.2) is 5.69 Å². The van der Waals surface area contributed by atoms with Gasteiger partial charge in [0.1, 0.15) is 6.04 Å². The molecule has 1 saturated heterocycles. The van der Waals surface area contributed by atoms with E-state index in [1.807, 2.05) is 37.3 Å². The number of aromatic nitrogens is 4. The number of hydrogen-bond acceptors (Lipinski definition) is 5. The van der Waals surface area contributed by atoms with E-state index in [4.69, 9.17) is 0 Å². The maximum absolute atomic E-state index is 13.0. The number of likely N-dealkylation sites (tertiary alicyclic amines) is 1.